The van der Waals surface area contributed by atoms with E-state index in [0.717, 1.165) is 30.8 Å². The minimum Gasteiger partial charge on any atom is -0.325 e. The molecule has 0 unspecified atom stereocenters. The van der Waals surface area contributed by atoms with Crippen LogP contribution in [0, 0.1) is 6.92 Å². The Balaban J connectivity index is 2.69. The Bertz CT molecular complexity index is 397. The van der Waals surface area contributed by atoms with E-state index in [2.05, 4.69) is 49.2 Å². The largest absolute Gasteiger partial charge is 0.325 e. The quantitative estimate of drug-likeness (QED) is 0.839. The van der Waals surface area contributed by atoms with Gasteiger partial charge < -0.3 is 5.32 Å². The number of hydrogen-bond acceptors (Lipinski definition) is 2. The number of anilines is 1. The number of benzene rings is 1. The van der Waals surface area contributed by atoms with Gasteiger partial charge in [0.2, 0.25) is 5.91 Å². The third-order valence-electron chi connectivity index (χ3n) is 3.25. The Morgan fingerprint density at radius 3 is 2.44 bits per heavy atom. The number of carbonyl (C=O) groups is 1. The lowest BCUT2D eigenvalue weighted by molar-refractivity contribution is -0.117. The monoisotopic (exact) mass is 248 g/mol. The lowest BCUT2D eigenvalue weighted by Crippen LogP contribution is -2.33. The van der Waals surface area contributed by atoms with Gasteiger partial charge in [0.1, 0.15) is 0 Å². The molecule has 0 fully saturated rings. The Labute approximate surface area is 110 Å². The van der Waals surface area contributed by atoms with Gasteiger partial charge >= 0.3 is 0 Å². The van der Waals surface area contributed by atoms with E-state index in [0.29, 0.717) is 6.54 Å². The van der Waals surface area contributed by atoms with E-state index < -0.39 is 0 Å². The summed E-state index contributed by atoms with van der Waals surface area (Å²) in [7, 11) is 0. The summed E-state index contributed by atoms with van der Waals surface area (Å²) in [6.07, 6.45) is 0.985. The van der Waals surface area contributed by atoms with Crippen molar-refractivity contribution in [2.24, 2.45) is 0 Å². The number of nitrogens with one attached hydrogen (secondary N) is 1. The van der Waals surface area contributed by atoms with E-state index in [9.17, 15) is 4.79 Å². The number of nitrogens with zero attached hydrogens (tertiary/aromatic N) is 1. The number of rotatable bonds is 6. The minimum absolute atomic E-state index is 0.0649. The van der Waals surface area contributed by atoms with Gasteiger partial charge in [-0.2, -0.15) is 0 Å². The molecule has 0 bridgehead atoms. The molecule has 18 heavy (non-hydrogen) atoms. The first kappa shape index (κ1) is 14.7. The molecule has 1 N–H and O–H groups in total. The van der Waals surface area contributed by atoms with Crippen LogP contribution < -0.4 is 5.32 Å². The molecule has 0 saturated heterocycles. The fourth-order valence-corrected chi connectivity index (χ4v) is 1.86. The van der Waals surface area contributed by atoms with E-state index in [1.165, 1.54) is 5.56 Å². The molecule has 100 valence electrons. The number of likely N-dealkylation sites (N-methyl/N-ethyl adjacent to an activating group) is 1. The second kappa shape index (κ2) is 7.17. The topological polar surface area (TPSA) is 32.3 Å². The van der Waals surface area contributed by atoms with Crippen molar-refractivity contribution < 1.29 is 4.79 Å². The first-order valence-corrected chi connectivity index (χ1v) is 6.72. The molecule has 1 aromatic carbocycles. The second-order valence-electron chi connectivity index (χ2n) is 4.51. The first-order valence-electron chi connectivity index (χ1n) is 6.72. The van der Waals surface area contributed by atoms with Crippen molar-refractivity contribution >= 4 is 11.6 Å². The summed E-state index contributed by atoms with van der Waals surface area (Å²) in [5.74, 6) is 0.0649. The van der Waals surface area contributed by atoms with Crippen LogP contribution in [0.1, 0.15) is 31.9 Å². The highest BCUT2D eigenvalue weighted by molar-refractivity contribution is 5.93. The summed E-state index contributed by atoms with van der Waals surface area (Å²) in [4.78, 5) is 14.0. The SMILES string of the molecule is CCc1ccc(C)c(NC(=O)CN(CC)CC)c1. The van der Waals surface area contributed by atoms with E-state index >= 15 is 0 Å². The summed E-state index contributed by atoms with van der Waals surface area (Å²) in [5.41, 5.74) is 3.30. The number of amides is 1. The van der Waals surface area contributed by atoms with Crippen molar-refractivity contribution in [3.05, 3.63) is 29.3 Å². The molecule has 0 aromatic heterocycles. The van der Waals surface area contributed by atoms with E-state index in [1.54, 1.807) is 0 Å². The van der Waals surface area contributed by atoms with Gasteiger partial charge in [-0.3, -0.25) is 9.69 Å². The molecule has 1 rings (SSSR count). The predicted octanol–water partition coefficient (Wildman–Crippen LogP) is 2.84. The summed E-state index contributed by atoms with van der Waals surface area (Å²) in [5, 5.41) is 3.00. The molecule has 0 aliphatic heterocycles. The molecular formula is C15H24N2O. The highest BCUT2D eigenvalue weighted by Gasteiger charge is 2.09. The Morgan fingerprint density at radius 2 is 1.89 bits per heavy atom. The summed E-state index contributed by atoms with van der Waals surface area (Å²) < 4.78 is 0. The molecule has 0 radical (unpaired) electrons. The minimum atomic E-state index is 0.0649. The molecule has 0 atom stereocenters. The van der Waals surface area contributed by atoms with E-state index in [-0.39, 0.29) is 5.91 Å². The van der Waals surface area contributed by atoms with Crippen LogP contribution >= 0.6 is 0 Å². The third kappa shape index (κ3) is 4.15. The van der Waals surface area contributed by atoms with Crippen molar-refractivity contribution in [2.45, 2.75) is 34.1 Å². The molecule has 0 heterocycles. The van der Waals surface area contributed by atoms with Crippen molar-refractivity contribution in [2.75, 3.05) is 25.0 Å². The molecule has 1 aromatic rings. The summed E-state index contributed by atoms with van der Waals surface area (Å²) in [6, 6.07) is 6.23. The maximum atomic E-state index is 11.9. The molecule has 1 amide bonds. The second-order valence-corrected chi connectivity index (χ2v) is 4.51. The van der Waals surface area contributed by atoms with Gasteiger partial charge in [0.15, 0.2) is 0 Å². The average Bonchev–Trinajstić information content (AvgIpc) is 2.38. The molecule has 0 saturated carbocycles. The zero-order valence-electron chi connectivity index (χ0n) is 11.9. The number of aryl methyl sites for hydroxylation is 2. The smallest absolute Gasteiger partial charge is 0.238 e. The Hall–Kier alpha value is -1.35. The van der Waals surface area contributed by atoms with Gasteiger partial charge in [0.25, 0.3) is 0 Å². The molecule has 0 aliphatic carbocycles. The molecule has 0 aliphatic rings. The van der Waals surface area contributed by atoms with Crippen LogP contribution in [0.5, 0.6) is 0 Å². The van der Waals surface area contributed by atoms with Gasteiger partial charge in [0, 0.05) is 5.69 Å². The number of hydrogen-bond donors (Lipinski definition) is 1. The van der Waals surface area contributed by atoms with Crippen LogP contribution in [0.4, 0.5) is 5.69 Å². The summed E-state index contributed by atoms with van der Waals surface area (Å²) in [6.45, 7) is 10.5. The van der Waals surface area contributed by atoms with Crippen molar-refractivity contribution in [3.63, 3.8) is 0 Å². The zero-order chi connectivity index (χ0) is 13.5. The van der Waals surface area contributed by atoms with Crippen molar-refractivity contribution in [3.8, 4) is 0 Å². The highest BCUT2D eigenvalue weighted by Crippen LogP contribution is 2.17. The first-order chi connectivity index (χ1) is 8.60. The van der Waals surface area contributed by atoms with Crippen LogP contribution in [0.2, 0.25) is 0 Å². The molecular weight excluding hydrogens is 224 g/mol. The van der Waals surface area contributed by atoms with E-state index in [1.807, 2.05) is 6.92 Å². The average molecular weight is 248 g/mol. The molecule has 3 heteroatoms. The Morgan fingerprint density at radius 1 is 1.22 bits per heavy atom. The fraction of sp³-hybridized carbons (Fsp3) is 0.533. The van der Waals surface area contributed by atoms with Crippen molar-refractivity contribution in [1.82, 2.24) is 4.90 Å². The van der Waals surface area contributed by atoms with Crippen LogP contribution in [0.15, 0.2) is 18.2 Å². The van der Waals surface area contributed by atoms with Gasteiger partial charge in [-0.15, -0.1) is 0 Å². The van der Waals surface area contributed by atoms with Crippen LogP contribution in [0.3, 0.4) is 0 Å². The predicted molar refractivity (Wildman–Crippen MR) is 77.0 cm³/mol. The van der Waals surface area contributed by atoms with Crippen LogP contribution in [-0.2, 0) is 11.2 Å². The summed E-state index contributed by atoms with van der Waals surface area (Å²) >= 11 is 0. The van der Waals surface area contributed by atoms with Crippen LogP contribution in [0.25, 0.3) is 0 Å². The maximum absolute atomic E-state index is 11.9. The maximum Gasteiger partial charge on any atom is 0.238 e. The number of carbonyl (C=O) groups excluding carboxylic acids is 1. The fourth-order valence-electron chi connectivity index (χ4n) is 1.86. The third-order valence-corrected chi connectivity index (χ3v) is 3.25. The zero-order valence-corrected chi connectivity index (χ0v) is 11.9. The lowest BCUT2D eigenvalue weighted by Gasteiger charge is -2.18. The van der Waals surface area contributed by atoms with Crippen molar-refractivity contribution in [1.29, 1.82) is 0 Å². The van der Waals surface area contributed by atoms with Gasteiger partial charge in [-0.25, -0.2) is 0 Å². The Kier molecular flexibility index (Phi) is 5.86. The van der Waals surface area contributed by atoms with E-state index in [4.69, 9.17) is 0 Å². The molecule has 0 spiro atoms. The van der Waals surface area contributed by atoms with Gasteiger partial charge in [0.05, 0.1) is 6.54 Å². The molecule has 3 nitrogen and oxygen atoms in total. The highest BCUT2D eigenvalue weighted by atomic mass is 16.2. The standard InChI is InChI=1S/C15H24N2O/c1-5-13-9-8-12(4)14(10-13)16-15(18)11-17(6-2)7-3/h8-10H,5-7,11H2,1-4H3,(H,16,18). The van der Waals surface area contributed by atoms with Gasteiger partial charge in [-0.05, 0) is 43.6 Å². The normalized spacial score (nSPS) is 10.7. The van der Waals surface area contributed by atoms with Crippen LogP contribution in [-0.4, -0.2) is 30.4 Å². The lowest BCUT2D eigenvalue weighted by atomic mass is 10.1. The van der Waals surface area contributed by atoms with Gasteiger partial charge in [-0.1, -0.05) is 32.9 Å².